The number of rotatable bonds is 2. The van der Waals surface area contributed by atoms with Crippen LogP contribution in [0.3, 0.4) is 0 Å². The summed E-state index contributed by atoms with van der Waals surface area (Å²) in [6.45, 7) is 4.69. The van der Waals surface area contributed by atoms with Crippen molar-refractivity contribution in [2.75, 3.05) is 0 Å². The smallest absolute Gasteiger partial charge is 0.0149 e. The van der Waals surface area contributed by atoms with Gasteiger partial charge in [-0.25, -0.2) is 0 Å². The van der Waals surface area contributed by atoms with Crippen molar-refractivity contribution in [1.82, 2.24) is 0 Å². The van der Waals surface area contributed by atoms with Crippen LogP contribution in [0, 0.1) is 11.8 Å². The maximum absolute atomic E-state index is 2.35. The predicted molar refractivity (Wildman–Crippen MR) is 77.6 cm³/mol. The van der Waals surface area contributed by atoms with Gasteiger partial charge >= 0.3 is 0 Å². The van der Waals surface area contributed by atoms with Crippen molar-refractivity contribution >= 4 is 0 Å². The number of hydrogen-bond acceptors (Lipinski definition) is 0. The van der Waals surface area contributed by atoms with E-state index in [0.717, 1.165) is 11.8 Å². The molecule has 0 radical (unpaired) electrons. The molecule has 2 aromatic rings. The molecule has 3 rings (SSSR count). The molecule has 0 saturated heterocycles. The van der Waals surface area contributed by atoms with Crippen LogP contribution in [0.15, 0.2) is 48.5 Å². The van der Waals surface area contributed by atoms with Crippen LogP contribution in [0.1, 0.15) is 25.0 Å². The van der Waals surface area contributed by atoms with Gasteiger partial charge in [0, 0.05) is 0 Å². The van der Waals surface area contributed by atoms with E-state index < -0.39 is 0 Å². The van der Waals surface area contributed by atoms with Crippen LogP contribution in [0.4, 0.5) is 0 Å². The van der Waals surface area contributed by atoms with Crippen molar-refractivity contribution in [3.8, 4) is 11.1 Å². The maximum Gasteiger partial charge on any atom is -0.0149 e. The van der Waals surface area contributed by atoms with Crippen molar-refractivity contribution < 1.29 is 0 Å². The molecule has 18 heavy (non-hydrogen) atoms. The summed E-state index contributed by atoms with van der Waals surface area (Å²) < 4.78 is 0. The predicted octanol–water partition coefficient (Wildman–Crippen LogP) is 4.72. The Morgan fingerprint density at radius 2 is 1.67 bits per heavy atom. The second-order valence-corrected chi connectivity index (χ2v) is 5.72. The molecule has 0 aromatic heterocycles. The summed E-state index contributed by atoms with van der Waals surface area (Å²) in [5.41, 5.74) is 5.95. The van der Waals surface area contributed by atoms with Gasteiger partial charge in [0.2, 0.25) is 0 Å². The van der Waals surface area contributed by atoms with Crippen LogP contribution in [0.5, 0.6) is 0 Å². The summed E-state index contributed by atoms with van der Waals surface area (Å²) in [6.07, 6.45) is 2.51. The van der Waals surface area contributed by atoms with E-state index in [1.54, 1.807) is 11.1 Å². The Hall–Kier alpha value is -1.56. The Kier molecular flexibility index (Phi) is 2.95. The molecule has 0 saturated carbocycles. The second kappa shape index (κ2) is 4.61. The van der Waals surface area contributed by atoms with Gasteiger partial charge in [0.15, 0.2) is 0 Å². The van der Waals surface area contributed by atoms with Crippen LogP contribution in [0.25, 0.3) is 11.1 Å². The van der Waals surface area contributed by atoms with Gasteiger partial charge in [0.1, 0.15) is 0 Å². The molecule has 0 aliphatic heterocycles. The molecule has 0 spiro atoms. The molecule has 0 heteroatoms. The molecule has 2 aromatic carbocycles. The first-order chi connectivity index (χ1) is 8.75. The van der Waals surface area contributed by atoms with Crippen LogP contribution in [-0.2, 0) is 12.8 Å². The van der Waals surface area contributed by atoms with E-state index in [1.807, 2.05) is 0 Å². The molecule has 1 unspecified atom stereocenters. The monoisotopic (exact) mass is 236 g/mol. The van der Waals surface area contributed by atoms with Crippen molar-refractivity contribution in [1.29, 1.82) is 0 Å². The summed E-state index contributed by atoms with van der Waals surface area (Å²) in [4.78, 5) is 0. The Morgan fingerprint density at radius 3 is 2.39 bits per heavy atom. The highest BCUT2D eigenvalue weighted by Gasteiger charge is 2.25. The normalized spacial score (nSPS) is 18.1. The zero-order valence-corrected chi connectivity index (χ0v) is 11.2. The molecule has 1 atom stereocenters. The molecule has 92 valence electrons. The fraction of sp³-hybridized carbons (Fsp3) is 0.333. The lowest BCUT2D eigenvalue weighted by molar-refractivity contribution is 0.404. The van der Waals surface area contributed by atoms with Gasteiger partial charge in [-0.3, -0.25) is 0 Å². The topological polar surface area (TPSA) is 0 Å². The third-order valence-corrected chi connectivity index (χ3v) is 4.25. The van der Waals surface area contributed by atoms with Crippen LogP contribution in [0.2, 0.25) is 0 Å². The fourth-order valence-corrected chi connectivity index (χ4v) is 3.04. The molecule has 0 amide bonds. The third-order valence-electron chi connectivity index (χ3n) is 4.25. The highest BCUT2D eigenvalue weighted by atomic mass is 14.3. The largest absolute Gasteiger partial charge is 0.0625 e. The second-order valence-electron chi connectivity index (χ2n) is 5.72. The molecule has 0 nitrogen and oxygen atoms in total. The number of fused-ring (bicyclic) bond motifs is 1. The molecule has 0 bridgehead atoms. The third kappa shape index (κ3) is 1.96. The van der Waals surface area contributed by atoms with E-state index >= 15 is 0 Å². The van der Waals surface area contributed by atoms with E-state index in [9.17, 15) is 0 Å². The van der Waals surface area contributed by atoms with Crippen molar-refractivity contribution in [3.05, 3.63) is 59.7 Å². The van der Waals surface area contributed by atoms with Gasteiger partial charge in [-0.15, -0.1) is 0 Å². The standard InChI is InChI=1S/C18H20/c1-13(2)16-11-15-9-6-10-17(18(15)12-16)14-7-4-3-5-8-14/h3-10,13,16H,11-12H2,1-2H3. The zero-order valence-electron chi connectivity index (χ0n) is 11.2. The van der Waals surface area contributed by atoms with Crippen LogP contribution in [-0.4, -0.2) is 0 Å². The molecule has 1 aliphatic carbocycles. The van der Waals surface area contributed by atoms with Crippen LogP contribution >= 0.6 is 0 Å². The van der Waals surface area contributed by atoms with Crippen molar-refractivity contribution in [2.24, 2.45) is 11.8 Å². The fourth-order valence-electron chi connectivity index (χ4n) is 3.04. The highest BCUT2D eigenvalue weighted by molar-refractivity contribution is 5.69. The summed E-state index contributed by atoms with van der Waals surface area (Å²) in [5.74, 6) is 1.60. The Morgan fingerprint density at radius 1 is 0.889 bits per heavy atom. The van der Waals surface area contributed by atoms with Gasteiger partial charge in [0.05, 0.1) is 0 Å². The summed E-state index contributed by atoms with van der Waals surface area (Å²) in [5, 5.41) is 0. The van der Waals surface area contributed by atoms with Crippen molar-refractivity contribution in [3.63, 3.8) is 0 Å². The van der Waals surface area contributed by atoms with Gasteiger partial charge < -0.3 is 0 Å². The van der Waals surface area contributed by atoms with Gasteiger partial charge in [-0.05, 0) is 46.9 Å². The maximum atomic E-state index is 2.35. The lowest BCUT2D eigenvalue weighted by Crippen LogP contribution is -2.07. The van der Waals surface area contributed by atoms with Crippen molar-refractivity contribution in [2.45, 2.75) is 26.7 Å². The summed E-state index contributed by atoms with van der Waals surface area (Å²) >= 11 is 0. The summed E-state index contributed by atoms with van der Waals surface area (Å²) in [6, 6.07) is 17.6. The Labute approximate surface area is 110 Å². The zero-order chi connectivity index (χ0) is 12.5. The van der Waals surface area contributed by atoms with E-state index in [4.69, 9.17) is 0 Å². The summed E-state index contributed by atoms with van der Waals surface area (Å²) in [7, 11) is 0. The molecular formula is C18H20. The van der Waals surface area contributed by atoms with E-state index in [-0.39, 0.29) is 0 Å². The molecular weight excluding hydrogens is 216 g/mol. The lowest BCUT2D eigenvalue weighted by Gasteiger charge is -2.13. The van der Waals surface area contributed by atoms with E-state index in [2.05, 4.69) is 62.4 Å². The first kappa shape index (κ1) is 11.5. The quantitative estimate of drug-likeness (QED) is 0.707. The highest BCUT2D eigenvalue weighted by Crippen LogP contribution is 2.37. The van der Waals surface area contributed by atoms with Gasteiger partial charge in [-0.1, -0.05) is 62.4 Å². The van der Waals surface area contributed by atoms with E-state index in [1.165, 1.54) is 24.0 Å². The average molecular weight is 236 g/mol. The van der Waals surface area contributed by atoms with Crippen LogP contribution < -0.4 is 0 Å². The number of benzene rings is 2. The Balaban J connectivity index is 2.03. The molecule has 1 aliphatic rings. The molecule has 0 heterocycles. The SMILES string of the molecule is CC(C)C1Cc2cccc(-c3ccccc3)c2C1. The first-order valence-corrected chi connectivity index (χ1v) is 6.92. The van der Waals surface area contributed by atoms with E-state index in [0.29, 0.717) is 0 Å². The number of hydrogen-bond donors (Lipinski definition) is 0. The first-order valence-electron chi connectivity index (χ1n) is 6.92. The minimum absolute atomic E-state index is 0.779. The van der Waals surface area contributed by atoms with Gasteiger partial charge in [0.25, 0.3) is 0 Å². The molecule has 0 fully saturated rings. The van der Waals surface area contributed by atoms with Gasteiger partial charge in [-0.2, -0.15) is 0 Å². The lowest BCUT2D eigenvalue weighted by atomic mass is 9.92. The average Bonchev–Trinajstić information content (AvgIpc) is 2.83. The molecule has 0 N–H and O–H groups in total. The minimum atomic E-state index is 0.779. The minimum Gasteiger partial charge on any atom is -0.0625 e. The Bertz CT molecular complexity index is 537.